The van der Waals surface area contributed by atoms with Crippen molar-refractivity contribution in [3.8, 4) is 0 Å². The van der Waals surface area contributed by atoms with Crippen LogP contribution in [0.4, 0.5) is 22.4 Å². The molecule has 1 aromatic rings. The summed E-state index contributed by atoms with van der Waals surface area (Å²) in [6.07, 6.45) is 5.85. The largest absolute Gasteiger partial charge is 0.437 e. The van der Waals surface area contributed by atoms with Gasteiger partial charge in [-0.3, -0.25) is 9.98 Å². The Morgan fingerprint density at radius 1 is 1.12 bits per heavy atom. The van der Waals surface area contributed by atoms with Gasteiger partial charge < -0.3 is 14.5 Å². The molecule has 0 N–H and O–H groups in total. The second kappa shape index (κ2) is 18.0. The first-order chi connectivity index (χ1) is 22.6. The van der Waals surface area contributed by atoms with Crippen LogP contribution in [0, 0.1) is 11.6 Å². The molecule has 0 radical (unpaired) electrons. The van der Waals surface area contributed by atoms with E-state index >= 15 is 0 Å². The van der Waals surface area contributed by atoms with E-state index in [2.05, 4.69) is 17.2 Å². The molecule has 264 valence electrons. The number of rotatable bonds is 14. The number of hydrogen-bond donors (Lipinski definition) is 0. The normalized spacial score (nSPS) is 17.4. The van der Waals surface area contributed by atoms with E-state index in [0.29, 0.717) is 43.6 Å². The third-order valence-corrected chi connectivity index (χ3v) is 8.57. The molecule has 48 heavy (non-hydrogen) atoms. The van der Waals surface area contributed by atoms with Gasteiger partial charge in [-0.05, 0) is 92.3 Å². The minimum absolute atomic E-state index is 0.195. The van der Waals surface area contributed by atoms with Crippen molar-refractivity contribution in [1.29, 1.82) is 0 Å². The van der Waals surface area contributed by atoms with Crippen molar-refractivity contribution in [2.45, 2.75) is 106 Å². The van der Waals surface area contributed by atoms with Gasteiger partial charge in [-0.2, -0.15) is 0 Å². The molecule has 1 atom stereocenters. The summed E-state index contributed by atoms with van der Waals surface area (Å²) in [5.74, 6) is -4.40. The zero-order valence-corrected chi connectivity index (χ0v) is 30.0. The lowest BCUT2D eigenvalue weighted by molar-refractivity contribution is -0.169. The van der Waals surface area contributed by atoms with Crippen LogP contribution >= 0.6 is 0 Å². The number of ether oxygens (including phenoxy) is 1. The fourth-order valence-electron chi connectivity index (χ4n) is 5.80. The van der Waals surface area contributed by atoms with Gasteiger partial charge in [0.2, 0.25) is 0 Å². The number of nitrogens with zero attached hydrogens (tertiary/aromatic N) is 4. The number of aliphatic imine (C=N–C) groups is 2. The Kier molecular flexibility index (Phi) is 15.1. The van der Waals surface area contributed by atoms with E-state index in [1.165, 1.54) is 37.8 Å². The molecule has 1 aromatic carbocycles. The SMILES string of the molecule is C=C=C(C)C(=NC=CC)C(=C/C)/C(C(CCCc1cc(F)cc(F)c1)=NCC)=C(/C)N1CCN(C(=O)OC(C)(C)C(F)(F)CC)C[C@@H]1C. The highest BCUT2D eigenvalue weighted by molar-refractivity contribution is 6.22. The molecule has 1 amide bonds. The van der Waals surface area contributed by atoms with E-state index in [4.69, 9.17) is 14.7 Å². The molecule has 1 aliphatic heterocycles. The van der Waals surface area contributed by atoms with Gasteiger partial charge in [0, 0.05) is 79.0 Å². The van der Waals surface area contributed by atoms with Crippen molar-refractivity contribution in [2.24, 2.45) is 9.98 Å². The van der Waals surface area contributed by atoms with E-state index in [0.717, 1.165) is 34.2 Å². The number of halogens is 4. The first kappa shape index (κ1) is 40.3. The Morgan fingerprint density at radius 3 is 2.29 bits per heavy atom. The molecule has 0 aliphatic carbocycles. The molecule has 2 rings (SSSR count). The van der Waals surface area contributed by atoms with Crippen LogP contribution in [0.5, 0.6) is 0 Å². The smallest absolute Gasteiger partial charge is 0.410 e. The lowest BCUT2D eigenvalue weighted by Gasteiger charge is -2.43. The fraction of sp³-hybridized carbons (Fsp3) is 0.526. The first-order valence-corrected chi connectivity index (χ1v) is 16.6. The van der Waals surface area contributed by atoms with Crippen LogP contribution in [-0.4, -0.2) is 71.1 Å². The van der Waals surface area contributed by atoms with Gasteiger partial charge in [0.05, 0.1) is 5.71 Å². The number of alkyl halides is 2. The van der Waals surface area contributed by atoms with E-state index in [9.17, 15) is 22.4 Å². The van der Waals surface area contributed by atoms with Crippen LogP contribution in [0.1, 0.15) is 87.1 Å². The molecule has 1 aliphatic rings. The Hall–Kier alpha value is -3.91. The third-order valence-electron chi connectivity index (χ3n) is 8.57. The molecule has 6 nitrogen and oxygen atoms in total. The summed E-state index contributed by atoms with van der Waals surface area (Å²) in [4.78, 5) is 26.4. The molecule has 0 saturated carbocycles. The lowest BCUT2D eigenvalue weighted by Crippen LogP contribution is -2.56. The summed E-state index contributed by atoms with van der Waals surface area (Å²) < 4.78 is 62.2. The van der Waals surface area contributed by atoms with E-state index in [-0.39, 0.29) is 19.1 Å². The minimum Gasteiger partial charge on any atom is -0.437 e. The standard InChI is InChI=1S/C38H52F4N4O2/c1-11-19-44-35(26(6)12-2)32(13-3)34(33(43-15-5)18-16-17-29-22-30(39)24-31(40)23-29)28(8)46-21-20-45(25-27(46)7)36(47)48-37(9,10)38(41,42)14-4/h11,13,19,22-24,27H,2,14-18,20-21,25H2,1,3-10H3/b19-11?,32-13+,34-28+,43-33?,44-35?/t27-/m0/s1. The van der Waals surface area contributed by atoms with Crippen LogP contribution in [0.15, 0.2) is 81.3 Å². The average Bonchev–Trinajstić information content (AvgIpc) is 3.02. The van der Waals surface area contributed by atoms with E-state index in [1.54, 1.807) is 6.20 Å². The zero-order chi connectivity index (χ0) is 36.2. The molecule has 1 fully saturated rings. The van der Waals surface area contributed by atoms with Gasteiger partial charge in [0.25, 0.3) is 5.92 Å². The number of carbonyl (C=O) groups is 1. The van der Waals surface area contributed by atoms with Gasteiger partial charge >= 0.3 is 6.09 Å². The second-order valence-electron chi connectivity index (χ2n) is 12.4. The van der Waals surface area contributed by atoms with Crippen LogP contribution in [0.3, 0.4) is 0 Å². The summed E-state index contributed by atoms with van der Waals surface area (Å²) >= 11 is 0. The maximum Gasteiger partial charge on any atom is 0.410 e. The highest BCUT2D eigenvalue weighted by atomic mass is 19.3. The predicted octanol–water partition coefficient (Wildman–Crippen LogP) is 9.64. The Balaban J connectivity index is 2.57. The average molecular weight is 673 g/mol. The topological polar surface area (TPSA) is 57.5 Å². The van der Waals surface area contributed by atoms with Crippen LogP contribution in [-0.2, 0) is 11.2 Å². The van der Waals surface area contributed by atoms with Gasteiger partial charge in [0.15, 0.2) is 5.60 Å². The second-order valence-corrected chi connectivity index (χ2v) is 12.4. The predicted molar refractivity (Wildman–Crippen MR) is 188 cm³/mol. The van der Waals surface area contributed by atoms with Crippen molar-refractivity contribution in [3.05, 3.63) is 88.5 Å². The molecular weight excluding hydrogens is 620 g/mol. The molecule has 0 spiro atoms. The quantitative estimate of drug-likeness (QED) is 0.0856. The van der Waals surface area contributed by atoms with Crippen molar-refractivity contribution in [1.82, 2.24) is 9.80 Å². The number of benzene rings is 1. The first-order valence-electron chi connectivity index (χ1n) is 16.6. The van der Waals surface area contributed by atoms with Gasteiger partial charge in [-0.25, -0.2) is 22.4 Å². The van der Waals surface area contributed by atoms with Crippen LogP contribution < -0.4 is 0 Å². The number of amides is 1. The zero-order valence-electron chi connectivity index (χ0n) is 30.0. The molecule has 10 heteroatoms. The van der Waals surface area contributed by atoms with E-state index in [1.807, 2.05) is 53.7 Å². The summed E-state index contributed by atoms with van der Waals surface area (Å²) in [5, 5.41) is 0. The van der Waals surface area contributed by atoms with Gasteiger partial charge in [-0.15, -0.1) is 5.73 Å². The Morgan fingerprint density at radius 2 is 1.77 bits per heavy atom. The molecule has 0 bridgehead atoms. The number of allylic oxidation sites excluding steroid dienone is 6. The van der Waals surface area contributed by atoms with Gasteiger partial charge in [-0.1, -0.05) is 25.7 Å². The fourth-order valence-corrected chi connectivity index (χ4v) is 5.80. The monoisotopic (exact) mass is 672 g/mol. The molecule has 1 heterocycles. The summed E-state index contributed by atoms with van der Waals surface area (Å²) in [5.41, 5.74) is 6.38. The van der Waals surface area contributed by atoms with Crippen molar-refractivity contribution >= 4 is 17.5 Å². The summed E-state index contributed by atoms with van der Waals surface area (Å²) in [6.45, 7) is 20.7. The summed E-state index contributed by atoms with van der Waals surface area (Å²) in [6, 6.07) is 3.35. The van der Waals surface area contributed by atoms with Crippen LogP contribution in [0.25, 0.3) is 0 Å². The molecular formula is C38H52F4N4O2. The van der Waals surface area contributed by atoms with Crippen LogP contribution in [0.2, 0.25) is 0 Å². The van der Waals surface area contributed by atoms with Crippen molar-refractivity contribution in [3.63, 3.8) is 0 Å². The molecule has 0 unspecified atom stereocenters. The number of piperazine rings is 1. The van der Waals surface area contributed by atoms with Crippen molar-refractivity contribution in [2.75, 3.05) is 26.2 Å². The number of aryl methyl sites for hydroxylation is 1. The van der Waals surface area contributed by atoms with E-state index < -0.39 is 35.7 Å². The highest BCUT2D eigenvalue weighted by Gasteiger charge is 2.49. The Labute approximate surface area is 284 Å². The number of hydrogen-bond acceptors (Lipinski definition) is 5. The maximum absolute atomic E-state index is 14.5. The summed E-state index contributed by atoms with van der Waals surface area (Å²) in [7, 11) is 0. The molecule has 0 aromatic heterocycles. The third kappa shape index (κ3) is 10.3. The minimum atomic E-state index is -3.17. The lowest BCUT2D eigenvalue weighted by atomic mass is 9.88. The van der Waals surface area contributed by atoms with Gasteiger partial charge in [0.1, 0.15) is 11.6 Å². The maximum atomic E-state index is 14.5. The Bertz CT molecular complexity index is 1480. The number of carbonyl (C=O) groups excluding carboxylic acids is 1. The van der Waals surface area contributed by atoms with Crippen molar-refractivity contribution < 1.29 is 27.1 Å². The molecule has 1 saturated heterocycles. The highest BCUT2D eigenvalue weighted by Crippen LogP contribution is 2.35.